The van der Waals surface area contributed by atoms with Gasteiger partial charge in [-0.05, 0) is 56.0 Å². The number of fused-ring (bicyclic) bond motifs is 3. The van der Waals surface area contributed by atoms with E-state index in [1.165, 1.54) is 10.8 Å². The number of unbranched alkanes of at least 4 members (excludes halogenated alkanes) is 3. The molecule has 0 amide bonds. The molecule has 0 aliphatic rings. The largest absolute Gasteiger partial charge is 0.493 e. The molecule has 150 valence electrons. The van der Waals surface area contributed by atoms with Gasteiger partial charge >= 0.3 is 0 Å². The molecule has 0 spiro atoms. The van der Waals surface area contributed by atoms with Crippen LogP contribution in [-0.2, 0) is 0 Å². The molecule has 0 aliphatic heterocycles. The average molecular weight is 389 g/mol. The summed E-state index contributed by atoms with van der Waals surface area (Å²) in [5.41, 5.74) is 2.27. The van der Waals surface area contributed by atoms with Crippen molar-refractivity contribution in [1.82, 2.24) is 4.98 Å². The van der Waals surface area contributed by atoms with Crippen LogP contribution in [0.15, 0.2) is 66.7 Å². The Labute approximate surface area is 171 Å². The zero-order chi connectivity index (χ0) is 19.9. The summed E-state index contributed by atoms with van der Waals surface area (Å²) in [7, 11) is 1.67. The number of methoxy groups -OCH3 is 1. The molecule has 0 unspecified atom stereocenters. The van der Waals surface area contributed by atoms with Crippen molar-refractivity contribution < 1.29 is 14.2 Å². The molecule has 4 nitrogen and oxygen atoms in total. The highest BCUT2D eigenvalue weighted by molar-refractivity contribution is 6.10. The number of para-hydroxylation sites is 3. The van der Waals surface area contributed by atoms with Gasteiger partial charge < -0.3 is 19.2 Å². The Morgan fingerprint density at radius 3 is 2.03 bits per heavy atom. The monoisotopic (exact) mass is 389 g/mol. The molecular formula is C25H27NO3. The standard InChI is InChI=1S/C25H27NO3/c1-27-22-14-6-7-15-23(22)28-17-8-2-3-9-18-29-24-16-10-13-21-25(24)19-11-4-5-12-20(19)26-21/h4-7,10-16,26H,2-3,8-9,17-18H2,1H3. The molecule has 29 heavy (non-hydrogen) atoms. The van der Waals surface area contributed by atoms with E-state index in [4.69, 9.17) is 14.2 Å². The van der Waals surface area contributed by atoms with Gasteiger partial charge in [-0.1, -0.05) is 36.4 Å². The zero-order valence-electron chi connectivity index (χ0n) is 16.8. The Bertz CT molecular complexity index is 1070. The van der Waals surface area contributed by atoms with Crippen molar-refractivity contribution in [3.8, 4) is 17.2 Å². The number of ether oxygens (including phenoxy) is 3. The summed E-state index contributed by atoms with van der Waals surface area (Å²) in [6.45, 7) is 1.43. The molecule has 3 aromatic carbocycles. The fourth-order valence-corrected chi connectivity index (χ4v) is 3.65. The van der Waals surface area contributed by atoms with Crippen LogP contribution in [0, 0.1) is 0 Å². The molecule has 1 heterocycles. The smallest absolute Gasteiger partial charge is 0.161 e. The number of H-pyrrole nitrogens is 1. The normalized spacial score (nSPS) is 11.1. The van der Waals surface area contributed by atoms with E-state index in [0.717, 1.165) is 60.6 Å². The molecule has 0 aliphatic carbocycles. The number of nitrogens with one attached hydrogen (secondary N) is 1. The van der Waals surface area contributed by atoms with Crippen LogP contribution in [-0.4, -0.2) is 25.3 Å². The third kappa shape index (κ3) is 4.48. The first-order valence-electron chi connectivity index (χ1n) is 10.2. The van der Waals surface area contributed by atoms with Crippen LogP contribution in [0.4, 0.5) is 0 Å². The Hall–Kier alpha value is -3.14. The zero-order valence-corrected chi connectivity index (χ0v) is 16.8. The summed E-state index contributed by atoms with van der Waals surface area (Å²) in [6.07, 6.45) is 4.30. The fourth-order valence-electron chi connectivity index (χ4n) is 3.65. The van der Waals surface area contributed by atoms with E-state index in [1.54, 1.807) is 7.11 Å². The van der Waals surface area contributed by atoms with Crippen LogP contribution in [0.1, 0.15) is 25.7 Å². The van der Waals surface area contributed by atoms with Gasteiger partial charge in [-0.15, -0.1) is 0 Å². The van der Waals surface area contributed by atoms with Crippen LogP contribution >= 0.6 is 0 Å². The highest BCUT2D eigenvalue weighted by Gasteiger charge is 2.09. The number of aromatic amines is 1. The van der Waals surface area contributed by atoms with Gasteiger partial charge in [0, 0.05) is 16.3 Å². The van der Waals surface area contributed by atoms with E-state index in [9.17, 15) is 0 Å². The topological polar surface area (TPSA) is 43.5 Å². The Kier molecular flexibility index (Phi) is 6.20. The Morgan fingerprint density at radius 1 is 0.621 bits per heavy atom. The lowest BCUT2D eigenvalue weighted by atomic mass is 10.1. The summed E-state index contributed by atoms with van der Waals surface area (Å²) in [5, 5.41) is 2.39. The second kappa shape index (κ2) is 9.37. The van der Waals surface area contributed by atoms with Crippen molar-refractivity contribution in [2.24, 2.45) is 0 Å². The first-order valence-corrected chi connectivity index (χ1v) is 10.2. The predicted molar refractivity (Wildman–Crippen MR) is 118 cm³/mol. The third-order valence-electron chi connectivity index (χ3n) is 5.11. The van der Waals surface area contributed by atoms with Crippen molar-refractivity contribution in [2.75, 3.05) is 20.3 Å². The van der Waals surface area contributed by atoms with E-state index >= 15 is 0 Å². The highest BCUT2D eigenvalue weighted by Crippen LogP contribution is 2.33. The van der Waals surface area contributed by atoms with Crippen LogP contribution < -0.4 is 14.2 Å². The van der Waals surface area contributed by atoms with E-state index in [1.807, 2.05) is 30.3 Å². The first kappa shape index (κ1) is 19.2. The van der Waals surface area contributed by atoms with Crippen LogP contribution in [0.3, 0.4) is 0 Å². The van der Waals surface area contributed by atoms with Gasteiger partial charge in [-0.2, -0.15) is 0 Å². The molecule has 1 aromatic heterocycles. The molecule has 0 fully saturated rings. The molecule has 4 heteroatoms. The van der Waals surface area contributed by atoms with Crippen LogP contribution in [0.2, 0.25) is 0 Å². The average Bonchev–Trinajstić information content (AvgIpc) is 3.15. The van der Waals surface area contributed by atoms with Gasteiger partial charge in [0.15, 0.2) is 11.5 Å². The molecular weight excluding hydrogens is 362 g/mol. The Morgan fingerprint density at radius 2 is 1.24 bits per heavy atom. The molecule has 0 radical (unpaired) electrons. The van der Waals surface area contributed by atoms with Crippen molar-refractivity contribution in [3.63, 3.8) is 0 Å². The van der Waals surface area contributed by atoms with E-state index in [-0.39, 0.29) is 0 Å². The molecule has 4 rings (SSSR count). The Balaban J connectivity index is 1.21. The van der Waals surface area contributed by atoms with Gasteiger partial charge in [-0.3, -0.25) is 0 Å². The number of rotatable bonds is 10. The first-order chi connectivity index (χ1) is 14.4. The van der Waals surface area contributed by atoms with Crippen LogP contribution in [0.5, 0.6) is 17.2 Å². The predicted octanol–water partition coefficient (Wildman–Crippen LogP) is 6.35. The second-order valence-electron chi connectivity index (χ2n) is 7.11. The van der Waals surface area contributed by atoms with Crippen molar-refractivity contribution in [2.45, 2.75) is 25.7 Å². The minimum atomic E-state index is 0.704. The molecule has 4 aromatic rings. The fraction of sp³-hybridized carbons (Fsp3) is 0.280. The SMILES string of the molecule is COc1ccccc1OCCCCCCOc1cccc2[nH]c3ccccc3c12. The van der Waals surface area contributed by atoms with Crippen LogP contribution in [0.25, 0.3) is 21.8 Å². The number of hydrogen-bond acceptors (Lipinski definition) is 3. The maximum absolute atomic E-state index is 6.12. The van der Waals surface area contributed by atoms with Gasteiger partial charge in [-0.25, -0.2) is 0 Å². The number of aromatic nitrogens is 1. The van der Waals surface area contributed by atoms with Gasteiger partial charge in [0.1, 0.15) is 5.75 Å². The van der Waals surface area contributed by atoms with Gasteiger partial charge in [0.05, 0.1) is 25.8 Å². The maximum Gasteiger partial charge on any atom is 0.161 e. The second-order valence-corrected chi connectivity index (χ2v) is 7.11. The third-order valence-corrected chi connectivity index (χ3v) is 5.11. The summed E-state index contributed by atoms with van der Waals surface area (Å²) in [5.74, 6) is 2.55. The molecule has 0 saturated carbocycles. The van der Waals surface area contributed by atoms with Gasteiger partial charge in [0.25, 0.3) is 0 Å². The summed E-state index contributed by atoms with van der Waals surface area (Å²) >= 11 is 0. The van der Waals surface area contributed by atoms with E-state index < -0.39 is 0 Å². The van der Waals surface area contributed by atoms with Crippen molar-refractivity contribution in [1.29, 1.82) is 0 Å². The van der Waals surface area contributed by atoms with Gasteiger partial charge in [0.2, 0.25) is 0 Å². The molecule has 0 saturated heterocycles. The van der Waals surface area contributed by atoms with Crippen molar-refractivity contribution in [3.05, 3.63) is 66.7 Å². The summed E-state index contributed by atoms with van der Waals surface area (Å²) in [6, 6.07) is 22.3. The summed E-state index contributed by atoms with van der Waals surface area (Å²) < 4.78 is 17.3. The molecule has 1 N–H and O–H groups in total. The minimum absolute atomic E-state index is 0.704. The minimum Gasteiger partial charge on any atom is -0.493 e. The highest BCUT2D eigenvalue weighted by atomic mass is 16.5. The maximum atomic E-state index is 6.12. The van der Waals surface area contributed by atoms with Crippen molar-refractivity contribution >= 4 is 21.8 Å². The molecule has 0 atom stereocenters. The number of benzene rings is 3. The summed E-state index contributed by atoms with van der Waals surface area (Å²) in [4.78, 5) is 3.46. The lowest BCUT2D eigenvalue weighted by molar-refractivity contribution is 0.277. The number of hydrogen-bond donors (Lipinski definition) is 1. The van der Waals surface area contributed by atoms with E-state index in [2.05, 4.69) is 41.4 Å². The lowest BCUT2D eigenvalue weighted by Gasteiger charge is -2.10. The quantitative estimate of drug-likeness (QED) is 0.322. The van der Waals surface area contributed by atoms with E-state index in [0.29, 0.717) is 6.61 Å². The lowest BCUT2D eigenvalue weighted by Crippen LogP contribution is -2.01. The molecule has 0 bridgehead atoms.